The number of aromatic nitrogens is 2. The van der Waals surface area contributed by atoms with E-state index >= 15 is 0 Å². The fourth-order valence-electron chi connectivity index (χ4n) is 2.40. The van der Waals surface area contributed by atoms with E-state index in [0.29, 0.717) is 22.3 Å². The number of alkyl halides is 1. The van der Waals surface area contributed by atoms with Gasteiger partial charge in [0.25, 0.3) is 0 Å². The van der Waals surface area contributed by atoms with Gasteiger partial charge in [-0.3, -0.25) is 4.57 Å². The molecular weight excluding hydrogens is 381 g/mol. The van der Waals surface area contributed by atoms with Crippen molar-refractivity contribution in [2.45, 2.75) is 26.3 Å². The molecule has 0 radical (unpaired) electrons. The maximum Gasteiger partial charge on any atom is 0.348 e. The lowest BCUT2D eigenvalue weighted by atomic mass is 10.1. The van der Waals surface area contributed by atoms with Crippen LogP contribution in [0.3, 0.4) is 0 Å². The summed E-state index contributed by atoms with van der Waals surface area (Å²) in [6, 6.07) is 6.94. The topological polar surface area (TPSA) is 96.7 Å². The molecule has 0 aromatic heterocycles. The summed E-state index contributed by atoms with van der Waals surface area (Å²) < 4.78 is 1.49. The molecule has 2 rings (SSSR count). The van der Waals surface area contributed by atoms with Crippen molar-refractivity contribution in [2.75, 3.05) is 19.0 Å². The van der Waals surface area contributed by atoms with Gasteiger partial charge < -0.3 is 5.32 Å². The van der Waals surface area contributed by atoms with Crippen LogP contribution in [-0.2, 0) is 6.54 Å². The Hall–Kier alpha value is -2.19. The molecule has 0 aromatic rings. The van der Waals surface area contributed by atoms with E-state index in [1.54, 1.807) is 0 Å². The first-order valence-corrected chi connectivity index (χ1v) is 8.46. The molecule has 0 saturated carbocycles. The molecule has 1 aliphatic carbocycles. The van der Waals surface area contributed by atoms with Gasteiger partial charge in [-0.2, -0.15) is 9.99 Å². The fourth-order valence-corrected chi connectivity index (χ4v) is 2.56. The second-order valence-electron chi connectivity index (χ2n) is 5.77. The molecule has 0 bridgehead atoms. The number of amides is 2. The van der Waals surface area contributed by atoms with Gasteiger partial charge >= 0.3 is 11.7 Å². The van der Waals surface area contributed by atoms with Crippen LogP contribution in [0.4, 0.5) is 4.79 Å². The fraction of sp³-hybridized carbons (Fsp3) is 0.438. The molecule has 26 heavy (non-hydrogen) atoms. The number of carbonyl (C=O) groups is 1. The zero-order valence-electron chi connectivity index (χ0n) is 14.5. The van der Waals surface area contributed by atoms with Crippen molar-refractivity contribution >= 4 is 30.0 Å². The van der Waals surface area contributed by atoms with E-state index in [2.05, 4.69) is 29.4 Å². The lowest BCUT2D eigenvalue weighted by molar-refractivity contribution is 0.202. The Kier molecular flexibility index (Phi) is 8.47. The number of rotatable bonds is 7. The Morgan fingerprint density at radius 2 is 2.15 bits per heavy atom. The van der Waals surface area contributed by atoms with Gasteiger partial charge in [-0.15, -0.1) is 28.9 Å². The first-order chi connectivity index (χ1) is 12.0. The number of nitrogens with zero attached hydrogens (tertiary/aromatic N) is 4. The van der Waals surface area contributed by atoms with Crippen LogP contribution in [0.25, 0.3) is 11.4 Å². The normalized spacial score (nSPS) is 10.5. The van der Waals surface area contributed by atoms with Gasteiger partial charge in [0.1, 0.15) is 0 Å². The highest BCUT2D eigenvalue weighted by atomic mass is 35.5. The molecule has 10 heteroatoms. The average Bonchev–Trinajstić information content (AvgIpc) is 2.74. The third-order valence-electron chi connectivity index (χ3n) is 3.75. The van der Waals surface area contributed by atoms with Crippen molar-refractivity contribution < 1.29 is 4.79 Å². The van der Waals surface area contributed by atoms with E-state index < -0.39 is 6.03 Å². The van der Waals surface area contributed by atoms with Gasteiger partial charge in [0.05, 0.1) is 23.2 Å². The van der Waals surface area contributed by atoms with E-state index in [0.717, 1.165) is 5.56 Å². The van der Waals surface area contributed by atoms with Gasteiger partial charge in [0, 0.05) is 19.0 Å². The summed E-state index contributed by atoms with van der Waals surface area (Å²) in [4.78, 5) is 38.5. The SMILES string of the molecule is CC(C)c1cccc2n(CCNC(=O)N(CCCl)N=O)c(=O)nc-2c1.Cl. The van der Waals surface area contributed by atoms with Gasteiger partial charge in [-0.25, -0.2) is 9.59 Å². The highest BCUT2D eigenvalue weighted by Crippen LogP contribution is 2.21. The predicted molar refractivity (Wildman–Crippen MR) is 103 cm³/mol. The number of fused-ring (bicyclic) bond motifs is 1. The number of urea groups is 1. The van der Waals surface area contributed by atoms with Crippen molar-refractivity contribution in [3.05, 3.63) is 45.2 Å². The maximum atomic E-state index is 12.1. The first kappa shape index (κ1) is 21.9. The Morgan fingerprint density at radius 1 is 1.42 bits per heavy atom. The Labute approximate surface area is 162 Å². The third-order valence-corrected chi connectivity index (χ3v) is 3.92. The summed E-state index contributed by atoms with van der Waals surface area (Å²) >= 11 is 5.49. The minimum Gasteiger partial charge on any atom is -0.335 e. The maximum absolute atomic E-state index is 12.1. The summed E-state index contributed by atoms with van der Waals surface area (Å²) in [5.74, 6) is 0.420. The lowest BCUT2D eigenvalue weighted by Crippen LogP contribution is -2.39. The summed E-state index contributed by atoms with van der Waals surface area (Å²) in [5.41, 5.74) is 2.01. The van der Waals surface area contributed by atoms with E-state index in [4.69, 9.17) is 11.6 Å². The lowest BCUT2D eigenvalue weighted by Gasteiger charge is -2.13. The molecule has 142 valence electrons. The predicted octanol–water partition coefficient (Wildman–Crippen LogP) is 2.83. The van der Waals surface area contributed by atoms with E-state index in [-0.39, 0.29) is 43.6 Å². The van der Waals surface area contributed by atoms with Crippen LogP contribution >= 0.6 is 24.0 Å². The minimum atomic E-state index is -0.653. The highest BCUT2D eigenvalue weighted by molar-refractivity contribution is 6.18. The summed E-state index contributed by atoms with van der Waals surface area (Å²) in [5, 5.41) is 5.83. The van der Waals surface area contributed by atoms with Crippen molar-refractivity contribution in [2.24, 2.45) is 5.29 Å². The zero-order valence-corrected chi connectivity index (χ0v) is 16.1. The van der Waals surface area contributed by atoms with E-state index in [1.165, 1.54) is 4.57 Å². The second kappa shape index (κ2) is 10.1. The summed E-state index contributed by atoms with van der Waals surface area (Å²) in [6.07, 6.45) is 0. The summed E-state index contributed by atoms with van der Waals surface area (Å²) in [7, 11) is 0. The Balaban J connectivity index is 0.00000338. The van der Waals surface area contributed by atoms with Gasteiger partial charge in [0.15, 0.2) is 0 Å². The van der Waals surface area contributed by atoms with Crippen molar-refractivity contribution in [3.8, 4) is 11.4 Å². The molecule has 0 aromatic carbocycles. The van der Waals surface area contributed by atoms with Crippen LogP contribution in [0.1, 0.15) is 25.3 Å². The highest BCUT2D eigenvalue weighted by Gasteiger charge is 2.16. The van der Waals surface area contributed by atoms with Crippen LogP contribution in [0.2, 0.25) is 0 Å². The molecular formula is C16H21Cl2N5O3. The second-order valence-corrected chi connectivity index (χ2v) is 6.14. The van der Waals surface area contributed by atoms with E-state index in [1.807, 2.05) is 24.3 Å². The molecule has 8 nitrogen and oxygen atoms in total. The van der Waals surface area contributed by atoms with Gasteiger partial charge in [-0.05, 0) is 23.6 Å². The van der Waals surface area contributed by atoms with Crippen molar-refractivity contribution in [1.82, 2.24) is 19.9 Å². The number of nitrogens with one attached hydrogen (secondary N) is 1. The molecule has 0 atom stereocenters. The van der Waals surface area contributed by atoms with Crippen LogP contribution in [0.15, 0.2) is 34.3 Å². The van der Waals surface area contributed by atoms with Crippen LogP contribution in [0, 0.1) is 4.91 Å². The number of imidazole rings is 1. The largest absolute Gasteiger partial charge is 0.348 e. The van der Waals surface area contributed by atoms with Gasteiger partial charge in [-0.1, -0.05) is 26.0 Å². The first-order valence-electron chi connectivity index (χ1n) is 7.93. The smallest absolute Gasteiger partial charge is 0.335 e. The number of halogens is 2. The average molecular weight is 402 g/mol. The molecule has 0 spiro atoms. The van der Waals surface area contributed by atoms with Crippen molar-refractivity contribution in [3.63, 3.8) is 0 Å². The number of hydrogen-bond donors (Lipinski definition) is 1. The van der Waals surface area contributed by atoms with Crippen LogP contribution in [0.5, 0.6) is 0 Å². The Bertz CT molecular complexity index is 781. The molecule has 2 amide bonds. The molecule has 1 aliphatic heterocycles. The van der Waals surface area contributed by atoms with Crippen molar-refractivity contribution in [1.29, 1.82) is 0 Å². The molecule has 1 heterocycles. The number of hydrogen-bond acceptors (Lipinski definition) is 5. The number of carbonyl (C=O) groups excluding carboxylic acids is 1. The monoisotopic (exact) mass is 401 g/mol. The minimum absolute atomic E-state index is 0. The Morgan fingerprint density at radius 3 is 2.77 bits per heavy atom. The molecule has 0 fully saturated rings. The number of nitroso groups, excluding NO2 is 1. The third kappa shape index (κ3) is 5.15. The standard InChI is InChI=1S/C16H20ClN5O3.ClH/c1-11(2)12-4-3-5-14-13(10-12)19-16(24)21(14)9-7-18-15(23)22(20-25)8-6-17;/h3-5,10-11H,6-9H2,1-2H3,(H,18,23);1H. The van der Waals surface area contributed by atoms with Crippen LogP contribution in [-0.4, -0.2) is 39.6 Å². The molecule has 2 aliphatic rings. The molecule has 1 N–H and O–H groups in total. The molecule has 0 unspecified atom stereocenters. The zero-order chi connectivity index (χ0) is 18.4. The van der Waals surface area contributed by atoms with Gasteiger partial charge in [0.2, 0.25) is 0 Å². The quantitative estimate of drug-likeness (QED) is 0.438. The summed E-state index contributed by atoms with van der Waals surface area (Å²) in [6.45, 7) is 4.55. The van der Waals surface area contributed by atoms with E-state index in [9.17, 15) is 14.5 Å². The van der Waals surface area contributed by atoms with Crippen LogP contribution < -0.4 is 11.0 Å². The molecule has 0 saturated heterocycles.